The number of carbonyl (C=O) groups is 3. The molecule has 2 aliphatic heterocycles. The number of ether oxygens (including phenoxy) is 1. The highest BCUT2D eigenvalue weighted by atomic mass is 32.2. The smallest absolute Gasteiger partial charge is 0.408 e. The summed E-state index contributed by atoms with van der Waals surface area (Å²) in [4.78, 5) is 67.0. The summed E-state index contributed by atoms with van der Waals surface area (Å²) in [7, 11) is -8.62. The van der Waals surface area contributed by atoms with E-state index in [2.05, 4.69) is 72.4 Å². The first kappa shape index (κ1) is 56.7. The van der Waals surface area contributed by atoms with Gasteiger partial charge in [-0.15, -0.1) is 0 Å². The van der Waals surface area contributed by atoms with E-state index in [1.807, 2.05) is 18.2 Å². The largest absolute Gasteiger partial charge is 0.444 e. The van der Waals surface area contributed by atoms with Crippen LogP contribution >= 0.6 is 0 Å². The van der Waals surface area contributed by atoms with E-state index in [9.17, 15) is 35.8 Å². The summed E-state index contributed by atoms with van der Waals surface area (Å²) in [5.41, 5.74) is 23.3. The summed E-state index contributed by atoms with van der Waals surface area (Å²) < 4.78 is 66.1. The average molecular weight is 1070 g/mol. The zero-order valence-corrected chi connectivity index (χ0v) is 44.4. The van der Waals surface area contributed by atoms with E-state index in [1.54, 1.807) is 20.8 Å². The van der Waals surface area contributed by atoms with Gasteiger partial charge in [0.15, 0.2) is 0 Å². The molecule has 2 aromatic carbocycles. The van der Waals surface area contributed by atoms with Crippen molar-refractivity contribution in [2.45, 2.75) is 91.7 Å². The number of nitrogens with two attached hydrogens (primary N) is 3. The molecule has 0 radical (unpaired) electrons. The fourth-order valence-electron chi connectivity index (χ4n) is 8.48. The van der Waals surface area contributed by atoms with Gasteiger partial charge < -0.3 is 57.2 Å². The molecule has 74 heavy (non-hydrogen) atoms. The van der Waals surface area contributed by atoms with Gasteiger partial charge in [0.2, 0.25) is 11.8 Å². The molecular weight excluding hydrogens is 997 g/mol. The van der Waals surface area contributed by atoms with Crippen molar-refractivity contribution in [3.8, 4) is 0 Å². The molecule has 0 saturated carbocycles. The summed E-state index contributed by atoms with van der Waals surface area (Å²) in [6.45, 7) is 16.2. The number of imidazole rings is 2. The Morgan fingerprint density at radius 3 is 1.59 bits per heavy atom. The Morgan fingerprint density at radius 2 is 1.19 bits per heavy atom. The highest BCUT2D eigenvalue weighted by Crippen LogP contribution is 2.32. The number of piperazine rings is 2. The molecule has 0 bridgehead atoms. The molecule has 6 heterocycles. The second-order valence-corrected chi connectivity index (χ2v) is 22.5. The number of rotatable bonds is 15. The number of hydrogen-bond donors (Lipinski definition) is 9. The van der Waals surface area contributed by atoms with E-state index in [4.69, 9.17) is 36.5 Å². The van der Waals surface area contributed by atoms with Crippen LogP contribution in [0, 0.1) is 5.92 Å². The fraction of sp³-hybridized carbons (Fsp3) is 0.521. The predicted molar refractivity (Wildman–Crippen MR) is 287 cm³/mol. The Labute approximate surface area is 430 Å². The number of unbranched alkanes of at least 4 members (excludes halogenated alkanes) is 2. The van der Waals surface area contributed by atoms with Gasteiger partial charge in [-0.05, 0) is 70.0 Å². The molecule has 12 N–H and O–H groups in total. The first-order chi connectivity index (χ1) is 34.8. The van der Waals surface area contributed by atoms with Crippen LogP contribution in [0.3, 0.4) is 0 Å². The quantitative estimate of drug-likeness (QED) is 0.0658. The topological polar surface area (TPSA) is 364 Å². The molecule has 4 aromatic heterocycles. The van der Waals surface area contributed by atoms with Gasteiger partial charge in [0.1, 0.15) is 62.7 Å². The van der Waals surface area contributed by atoms with Gasteiger partial charge in [-0.1, -0.05) is 33.6 Å². The molecule has 2 atom stereocenters. The van der Waals surface area contributed by atoms with Gasteiger partial charge in [0.25, 0.3) is 20.2 Å². The maximum atomic E-state index is 13.2. The summed E-state index contributed by atoms with van der Waals surface area (Å²) in [5.74, 6) is -0.948. The number of nitrogens with one attached hydrogen (secondary N) is 4. The van der Waals surface area contributed by atoms with Crippen LogP contribution in [0.4, 0.5) is 27.8 Å². The first-order valence-corrected chi connectivity index (χ1v) is 27.9. The molecule has 3 amide bonds. The van der Waals surface area contributed by atoms with Crippen molar-refractivity contribution in [2.75, 3.05) is 85.1 Å². The maximum Gasteiger partial charge on any atom is 0.408 e. The standard InChI is InChI=1S/C26H37N7O6S.C18H24N6.C4H9NO4S/c1-5-6-7-20-30-21-17-14-16(8-9-18(17)28-23(27)22(21)31-20)32-10-12-33(13-11-32)24(34)19(15-40(36,37)38)29-25(35)39-26(2,3)4;1-2-3-4-15-22-16-13-11-12(24-9-7-20-8-10-24)5-6-14(13)21-18(19)17(16)23-15;1-3(4(5)6)2-10(7,8)9/h8-9,14,19H,5-7,10-13,15H2,1-4H3,(H2,27,28)(H,29,35)(H,30,31)(H,36,37,38);5-6,11,20H,2-4,7-10H2,1H3,(H2,19,21)(H,22,23);3H,2H2,1H3,(H2,5,6)(H,7,8,9)/t19-;;3-/m0.0/s1. The maximum absolute atomic E-state index is 13.2. The number of H-pyrrole nitrogens is 2. The number of benzene rings is 2. The van der Waals surface area contributed by atoms with Gasteiger partial charge in [-0.3, -0.25) is 18.7 Å². The van der Waals surface area contributed by atoms with E-state index in [-0.39, 0.29) is 13.1 Å². The lowest BCUT2D eigenvalue weighted by molar-refractivity contribution is -0.133. The Morgan fingerprint density at radius 1 is 0.730 bits per heavy atom. The van der Waals surface area contributed by atoms with Crippen LogP contribution in [0.2, 0.25) is 0 Å². The minimum atomic E-state index is -4.55. The number of primary amides is 1. The number of aromatic amines is 2. The van der Waals surface area contributed by atoms with Crippen molar-refractivity contribution < 1.29 is 45.1 Å². The van der Waals surface area contributed by atoms with Crippen molar-refractivity contribution in [1.82, 2.24) is 45.4 Å². The van der Waals surface area contributed by atoms with E-state index in [0.717, 1.165) is 120 Å². The van der Waals surface area contributed by atoms with Gasteiger partial charge >= 0.3 is 6.09 Å². The number of hydrogen-bond acceptors (Lipinski definition) is 17. The summed E-state index contributed by atoms with van der Waals surface area (Å²) >= 11 is 0. The number of aromatic nitrogens is 6. The van der Waals surface area contributed by atoms with E-state index < -0.39 is 67.2 Å². The van der Waals surface area contributed by atoms with Crippen molar-refractivity contribution in [3.05, 3.63) is 48.0 Å². The Bertz CT molecular complexity index is 3180. The molecule has 6 aromatic rings. The number of fused-ring (bicyclic) bond motifs is 6. The first-order valence-electron chi connectivity index (χ1n) is 24.7. The zero-order chi connectivity index (χ0) is 54.1. The highest BCUT2D eigenvalue weighted by molar-refractivity contribution is 7.86. The molecule has 8 rings (SSSR count). The predicted octanol–water partition coefficient (Wildman–Crippen LogP) is 3.91. The molecule has 24 nitrogen and oxygen atoms in total. The number of anilines is 4. The number of nitrogen functional groups attached to an aromatic ring is 2. The zero-order valence-electron chi connectivity index (χ0n) is 42.8. The van der Waals surface area contributed by atoms with Crippen LogP contribution in [0.5, 0.6) is 0 Å². The third kappa shape index (κ3) is 15.5. The Kier molecular flexibility index (Phi) is 18.5. The molecule has 0 unspecified atom stereocenters. The van der Waals surface area contributed by atoms with Gasteiger partial charge in [0.05, 0.1) is 22.7 Å². The summed E-state index contributed by atoms with van der Waals surface area (Å²) in [6, 6.07) is 10.8. The van der Waals surface area contributed by atoms with E-state index >= 15 is 0 Å². The van der Waals surface area contributed by atoms with Crippen molar-refractivity contribution >= 4 is 105 Å². The highest BCUT2D eigenvalue weighted by Gasteiger charge is 2.33. The average Bonchev–Trinajstić information content (AvgIpc) is 3.98. The summed E-state index contributed by atoms with van der Waals surface area (Å²) in [6.07, 6.45) is 5.17. The number of amides is 3. The monoisotopic (exact) mass is 1070 g/mol. The van der Waals surface area contributed by atoms with Crippen LogP contribution in [-0.4, -0.2) is 154 Å². The van der Waals surface area contributed by atoms with Crippen LogP contribution < -0.4 is 37.6 Å². The molecule has 2 fully saturated rings. The number of pyridine rings is 2. The minimum absolute atomic E-state index is 0.286. The lowest BCUT2D eigenvalue weighted by atomic mass is 10.1. The van der Waals surface area contributed by atoms with E-state index in [1.165, 1.54) is 17.5 Å². The molecule has 404 valence electrons. The van der Waals surface area contributed by atoms with Gasteiger partial charge in [-0.25, -0.2) is 24.7 Å². The minimum Gasteiger partial charge on any atom is -0.444 e. The SMILES string of the molecule is CCCCc1nc2c([nH]1)c(N)nc1ccc(N3CCN(C(=O)[C@H](CS(=O)(=O)O)NC(=O)OC(C)(C)C)CC3)cc12.CCCCc1nc2c([nH]1)c(N)nc1ccc(N3CCNCC3)cc12.C[C@@H](CS(=O)(=O)O)C(N)=O. The second-order valence-electron chi connectivity index (χ2n) is 19.5. The van der Waals surface area contributed by atoms with Crippen LogP contribution in [0.1, 0.15) is 78.9 Å². The summed E-state index contributed by atoms with van der Waals surface area (Å²) in [5, 5.41) is 7.64. The normalized spacial score (nSPS) is 15.3. The Hall–Kier alpha value is -6.61. The molecule has 2 aliphatic rings. The molecule has 2 saturated heterocycles. The van der Waals surface area contributed by atoms with Crippen LogP contribution in [0.25, 0.3) is 43.9 Å². The number of carbonyl (C=O) groups excluding carboxylic acids is 3. The van der Waals surface area contributed by atoms with Crippen LogP contribution in [-0.2, 0) is 47.4 Å². The second kappa shape index (κ2) is 24.2. The molecule has 0 spiro atoms. The number of alkyl carbamates (subject to hydrolysis) is 1. The van der Waals surface area contributed by atoms with Crippen LogP contribution in [0.15, 0.2) is 36.4 Å². The van der Waals surface area contributed by atoms with Crippen molar-refractivity contribution in [2.24, 2.45) is 11.7 Å². The van der Waals surface area contributed by atoms with Crippen molar-refractivity contribution in [1.29, 1.82) is 0 Å². The lowest BCUT2D eigenvalue weighted by Gasteiger charge is -2.37. The number of aryl methyl sites for hydroxylation is 2. The van der Waals surface area contributed by atoms with E-state index in [0.29, 0.717) is 30.2 Å². The number of nitrogens with zero attached hydrogens (tertiary/aromatic N) is 7. The van der Waals surface area contributed by atoms with Gasteiger partial charge in [0, 0.05) is 87.3 Å². The Balaban J connectivity index is 0.000000220. The van der Waals surface area contributed by atoms with Crippen molar-refractivity contribution in [3.63, 3.8) is 0 Å². The third-order valence-corrected chi connectivity index (χ3v) is 13.9. The molecule has 26 heteroatoms. The fourth-order valence-corrected chi connectivity index (χ4v) is 9.92. The molecular formula is C48H70N14O10S2. The third-order valence-electron chi connectivity index (χ3n) is 12.3. The molecule has 0 aliphatic carbocycles. The lowest BCUT2D eigenvalue weighted by Crippen LogP contribution is -2.57. The van der Waals surface area contributed by atoms with Gasteiger partial charge in [-0.2, -0.15) is 16.8 Å².